The summed E-state index contributed by atoms with van der Waals surface area (Å²) in [5.41, 5.74) is -1.17. The first kappa shape index (κ1) is 28.1. The lowest BCUT2D eigenvalue weighted by molar-refractivity contribution is -0.146. The Labute approximate surface area is 214 Å². The zero-order valence-electron chi connectivity index (χ0n) is 22.4. The highest BCUT2D eigenvalue weighted by Gasteiger charge is 2.54. The number of carbonyl (C=O) groups is 3. The third kappa shape index (κ3) is 6.45. The van der Waals surface area contributed by atoms with Crippen molar-refractivity contribution in [1.29, 1.82) is 0 Å². The lowest BCUT2D eigenvalue weighted by atomic mass is 9.84. The smallest absolute Gasteiger partial charge is 0.411 e. The minimum absolute atomic E-state index is 0.107. The van der Waals surface area contributed by atoms with Crippen LogP contribution in [0.15, 0.2) is 30.3 Å². The maximum absolute atomic E-state index is 13.9. The normalized spacial score (nSPS) is 24.0. The van der Waals surface area contributed by atoms with E-state index in [0.29, 0.717) is 32.5 Å². The standard InChI is InChI=1S/C28H42N2O6/c1-20-13-14-28(19-31,30(20)26(34)36-27(3,4)5)24(32)17-23(25(33)29-15-9-10-16-29)21(2)35-18-22-11-7-6-8-12-22/h6-8,11-12,20-21,23,31H,9-10,13-19H2,1-5H3/t20?,21-,23+,28?/m1/s1. The number of likely N-dealkylation sites (tertiary alicyclic amines) is 2. The molecule has 4 atom stereocenters. The number of Topliss-reactive ketones (excluding diaryl/α,β-unsaturated/α-hetero) is 1. The number of aliphatic hydroxyl groups is 1. The summed E-state index contributed by atoms with van der Waals surface area (Å²) >= 11 is 0. The van der Waals surface area contributed by atoms with Gasteiger partial charge in [-0.05, 0) is 65.9 Å². The molecule has 2 unspecified atom stereocenters. The fourth-order valence-corrected chi connectivity index (χ4v) is 5.24. The molecule has 200 valence electrons. The van der Waals surface area contributed by atoms with Gasteiger partial charge in [0, 0.05) is 25.6 Å². The summed E-state index contributed by atoms with van der Waals surface area (Å²) in [6.45, 7) is 10.1. The van der Waals surface area contributed by atoms with E-state index in [1.807, 2.05) is 44.2 Å². The minimum atomic E-state index is -1.41. The van der Waals surface area contributed by atoms with Crippen LogP contribution in [0, 0.1) is 5.92 Å². The maximum atomic E-state index is 13.9. The van der Waals surface area contributed by atoms with Crippen molar-refractivity contribution < 1.29 is 29.0 Å². The number of rotatable bonds is 9. The van der Waals surface area contributed by atoms with Crippen molar-refractivity contribution in [2.24, 2.45) is 5.92 Å². The van der Waals surface area contributed by atoms with Crippen molar-refractivity contribution in [2.75, 3.05) is 19.7 Å². The molecule has 0 radical (unpaired) electrons. The molecule has 2 saturated heterocycles. The molecule has 0 aliphatic carbocycles. The number of benzene rings is 1. The number of nitrogens with zero attached hydrogens (tertiary/aromatic N) is 2. The van der Waals surface area contributed by atoms with E-state index in [1.54, 1.807) is 25.7 Å². The van der Waals surface area contributed by atoms with Gasteiger partial charge >= 0.3 is 6.09 Å². The van der Waals surface area contributed by atoms with Crippen LogP contribution in [0.5, 0.6) is 0 Å². The third-order valence-electron chi connectivity index (χ3n) is 7.31. The fraction of sp³-hybridized carbons (Fsp3) is 0.679. The largest absolute Gasteiger partial charge is 0.444 e. The molecule has 0 aromatic heterocycles. The van der Waals surface area contributed by atoms with Gasteiger partial charge in [-0.2, -0.15) is 0 Å². The molecule has 0 bridgehead atoms. The van der Waals surface area contributed by atoms with E-state index in [2.05, 4.69) is 0 Å². The van der Waals surface area contributed by atoms with Crippen LogP contribution in [0.25, 0.3) is 0 Å². The van der Waals surface area contributed by atoms with Gasteiger partial charge in [-0.3, -0.25) is 14.5 Å². The van der Waals surface area contributed by atoms with Crippen molar-refractivity contribution in [1.82, 2.24) is 9.80 Å². The van der Waals surface area contributed by atoms with E-state index < -0.39 is 35.9 Å². The van der Waals surface area contributed by atoms with Crippen LogP contribution in [0.4, 0.5) is 4.79 Å². The quantitative estimate of drug-likeness (QED) is 0.550. The van der Waals surface area contributed by atoms with Crippen molar-refractivity contribution in [3.63, 3.8) is 0 Å². The topological polar surface area (TPSA) is 96.4 Å². The zero-order chi connectivity index (χ0) is 26.5. The molecule has 0 saturated carbocycles. The van der Waals surface area contributed by atoms with Gasteiger partial charge in [-0.15, -0.1) is 0 Å². The average molecular weight is 503 g/mol. The van der Waals surface area contributed by atoms with Gasteiger partial charge in [0.25, 0.3) is 0 Å². The molecule has 2 aliphatic heterocycles. The highest BCUT2D eigenvalue weighted by molar-refractivity contribution is 5.95. The molecule has 1 aromatic rings. The van der Waals surface area contributed by atoms with Crippen molar-refractivity contribution in [2.45, 2.75) is 96.6 Å². The Kier molecular flexibility index (Phi) is 9.17. The first-order valence-corrected chi connectivity index (χ1v) is 13.1. The number of amides is 2. The molecule has 2 aliphatic rings. The Morgan fingerprint density at radius 3 is 2.36 bits per heavy atom. The van der Waals surface area contributed by atoms with Gasteiger partial charge in [0.05, 0.1) is 25.2 Å². The van der Waals surface area contributed by atoms with Crippen LogP contribution >= 0.6 is 0 Å². The van der Waals surface area contributed by atoms with Gasteiger partial charge in [-0.1, -0.05) is 30.3 Å². The SMILES string of the molecule is CC1CCC(CO)(C(=O)C[C@H](C(=O)N2CCCC2)[C@@H](C)OCc2ccccc2)N1C(=O)OC(C)(C)C. The summed E-state index contributed by atoms with van der Waals surface area (Å²) in [5.74, 6) is -1.14. The van der Waals surface area contributed by atoms with Crippen LogP contribution < -0.4 is 0 Å². The van der Waals surface area contributed by atoms with E-state index in [1.165, 1.54) is 4.90 Å². The van der Waals surface area contributed by atoms with Crippen molar-refractivity contribution in [3.05, 3.63) is 35.9 Å². The van der Waals surface area contributed by atoms with Crippen molar-refractivity contribution >= 4 is 17.8 Å². The molecule has 8 heteroatoms. The maximum Gasteiger partial charge on any atom is 0.411 e. The van der Waals surface area contributed by atoms with E-state index in [0.717, 1.165) is 18.4 Å². The molecular formula is C28H42N2O6. The summed E-state index contributed by atoms with van der Waals surface area (Å²) in [7, 11) is 0. The molecule has 8 nitrogen and oxygen atoms in total. The van der Waals surface area contributed by atoms with Crippen LogP contribution in [0.3, 0.4) is 0 Å². The lowest BCUT2D eigenvalue weighted by Gasteiger charge is -2.39. The van der Waals surface area contributed by atoms with Gasteiger partial charge in [0.15, 0.2) is 5.78 Å². The predicted octanol–water partition coefficient (Wildman–Crippen LogP) is 3.94. The summed E-state index contributed by atoms with van der Waals surface area (Å²) < 4.78 is 11.7. The number of ketones is 1. The second-order valence-corrected chi connectivity index (χ2v) is 11.2. The predicted molar refractivity (Wildman–Crippen MR) is 136 cm³/mol. The van der Waals surface area contributed by atoms with E-state index in [9.17, 15) is 19.5 Å². The molecule has 1 aromatic carbocycles. The lowest BCUT2D eigenvalue weighted by Crippen LogP contribution is -2.59. The number of carbonyl (C=O) groups excluding carboxylic acids is 3. The summed E-state index contributed by atoms with van der Waals surface area (Å²) in [4.78, 5) is 43.7. The van der Waals surface area contributed by atoms with Gasteiger partial charge in [0.2, 0.25) is 5.91 Å². The highest BCUT2D eigenvalue weighted by Crippen LogP contribution is 2.38. The van der Waals surface area contributed by atoms with Crippen LogP contribution in [0.2, 0.25) is 0 Å². The van der Waals surface area contributed by atoms with Gasteiger partial charge in [-0.25, -0.2) is 4.79 Å². The zero-order valence-corrected chi connectivity index (χ0v) is 22.4. The second kappa shape index (κ2) is 11.7. The number of hydrogen-bond donors (Lipinski definition) is 1. The molecule has 3 rings (SSSR count). The number of hydrogen-bond acceptors (Lipinski definition) is 6. The van der Waals surface area contributed by atoms with Crippen molar-refractivity contribution in [3.8, 4) is 0 Å². The molecule has 36 heavy (non-hydrogen) atoms. The van der Waals surface area contributed by atoms with Crippen LogP contribution in [0.1, 0.15) is 72.3 Å². The van der Waals surface area contributed by atoms with Gasteiger partial charge in [0.1, 0.15) is 11.1 Å². The summed E-state index contributed by atoms with van der Waals surface area (Å²) in [6, 6.07) is 9.42. The Morgan fingerprint density at radius 1 is 1.14 bits per heavy atom. The molecule has 2 amide bonds. The first-order valence-electron chi connectivity index (χ1n) is 13.1. The van der Waals surface area contributed by atoms with E-state index in [4.69, 9.17) is 9.47 Å². The molecule has 2 heterocycles. The second-order valence-electron chi connectivity index (χ2n) is 11.2. The van der Waals surface area contributed by atoms with Crippen LogP contribution in [-0.2, 0) is 25.7 Å². The fourth-order valence-electron chi connectivity index (χ4n) is 5.24. The Morgan fingerprint density at radius 2 is 1.78 bits per heavy atom. The first-order chi connectivity index (χ1) is 17.0. The Balaban J connectivity index is 1.83. The minimum Gasteiger partial charge on any atom is -0.444 e. The molecule has 0 spiro atoms. The average Bonchev–Trinajstić information content (AvgIpc) is 3.48. The summed E-state index contributed by atoms with van der Waals surface area (Å²) in [5, 5.41) is 10.5. The highest BCUT2D eigenvalue weighted by atomic mass is 16.6. The summed E-state index contributed by atoms with van der Waals surface area (Å²) in [6.07, 6.45) is 1.52. The monoisotopic (exact) mass is 502 g/mol. The number of ether oxygens (including phenoxy) is 2. The Bertz CT molecular complexity index is 908. The van der Waals surface area contributed by atoms with Crippen LogP contribution in [-0.4, -0.2) is 75.7 Å². The molecule has 2 fully saturated rings. The number of aliphatic hydroxyl groups excluding tert-OH is 1. The molecule has 1 N–H and O–H groups in total. The van der Waals surface area contributed by atoms with Gasteiger partial charge < -0.3 is 19.5 Å². The molecular weight excluding hydrogens is 460 g/mol. The van der Waals surface area contributed by atoms with E-state index in [-0.39, 0.29) is 24.2 Å². The Hall–Kier alpha value is -2.45. The third-order valence-corrected chi connectivity index (χ3v) is 7.31. The van der Waals surface area contributed by atoms with E-state index >= 15 is 0 Å².